The predicted octanol–water partition coefficient (Wildman–Crippen LogP) is 3.34. The molecule has 2 N–H and O–H groups in total. The van der Waals surface area contributed by atoms with Crippen LogP contribution in [0.4, 0.5) is 23.7 Å². The topological polar surface area (TPSA) is 78.9 Å². The normalized spacial score (nSPS) is 17.0. The molecule has 1 atom stereocenters. The van der Waals surface area contributed by atoms with Crippen LogP contribution in [0.1, 0.15) is 19.8 Å². The van der Waals surface area contributed by atoms with Gasteiger partial charge in [0, 0.05) is 13.1 Å². The highest BCUT2D eigenvalue weighted by molar-refractivity contribution is 5.91. The van der Waals surface area contributed by atoms with E-state index in [1.807, 2.05) is 0 Å². The van der Waals surface area contributed by atoms with Crippen LogP contribution in [0.3, 0.4) is 0 Å². The fraction of sp³-hybridized carbons (Fsp3) is 0.500. The Hall–Kier alpha value is -2.45. The van der Waals surface area contributed by atoms with Crippen molar-refractivity contribution in [1.82, 2.24) is 4.90 Å². The molecule has 1 aromatic carbocycles. The third kappa shape index (κ3) is 5.01. The summed E-state index contributed by atoms with van der Waals surface area (Å²) in [6, 6.07) is 5.36. The lowest BCUT2D eigenvalue weighted by Gasteiger charge is -2.30. The molecular weight excluding hydrogens is 341 g/mol. The second-order valence-electron chi connectivity index (χ2n) is 5.83. The molecule has 138 valence electrons. The number of aliphatic carboxylic acids is 1. The van der Waals surface area contributed by atoms with Crippen molar-refractivity contribution >= 4 is 17.7 Å². The maximum atomic E-state index is 12.7. The van der Waals surface area contributed by atoms with Gasteiger partial charge in [-0.15, -0.1) is 0 Å². The van der Waals surface area contributed by atoms with Crippen molar-refractivity contribution in [2.24, 2.45) is 5.92 Å². The molecule has 25 heavy (non-hydrogen) atoms. The number of piperidine rings is 1. The van der Waals surface area contributed by atoms with E-state index >= 15 is 0 Å². The van der Waals surface area contributed by atoms with Crippen LogP contribution in [0.5, 0.6) is 5.75 Å². The highest BCUT2D eigenvalue weighted by Gasteiger charge is 2.38. The Kier molecular flexibility index (Phi) is 5.76. The Balaban J connectivity index is 2.01. The first-order valence-electron chi connectivity index (χ1n) is 7.79. The number of halogens is 3. The second kappa shape index (κ2) is 7.62. The Labute approximate surface area is 142 Å². The van der Waals surface area contributed by atoms with Crippen LogP contribution in [-0.4, -0.2) is 47.4 Å². The summed E-state index contributed by atoms with van der Waals surface area (Å²) in [6.07, 6.45) is -5.86. The van der Waals surface area contributed by atoms with Crippen LogP contribution >= 0.6 is 0 Å². The monoisotopic (exact) mass is 360 g/mol. The molecular formula is C16H19F3N2O4. The van der Waals surface area contributed by atoms with Gasteiger partial charge in [-0.3, -0.25) is 4.79 Å². The van der Waals surface area contributed by atoms with Crippen LogP contribution in [0, 0.1) is 5.92 Å². The number of alkyl halides is 3. The van der Waals surface area contributed by atoms with E-state index in [9.17, 15) is 22.8 Å². The number of carboxylic acids is 1. The molecule has 0 aromatic heterocycles. The number of rotatable bonds is 4. The van der Waals surface area contributed by atoms with Crippen molar-refractivity contribution in [1.29, 1.82) is 0 Å². The van der Waals surface area contributed by atoms with E-state index in [4.69, 9.17) is 9.84 Å². The standard InChI is InChI=1S/C16H19F3N2O4/c1-10(16(17,18)19)25-13-5-3-2-4-12(13)20-15(24)21-8-6-11(7-9-21)14(22)23/h2-5,10-11H,6-9H2,1H3,(H,20,24)(H,22,23). The summed E-state index contributed by atoms with van der Waals surface area (Å²) in [5.74, 6) is -1.45. The third-order valence-electron chi connectivity index (χ3n) is 4.02. The molecule has 2 rings (SSSR count). The summed E-state index contributed by atoms with van der Waals surface area (Å²) in [5, 5.41) is 11.5. The number of anilines is 1. The predicted molar refractivity (Wildman–Crippen MR) is 83.5 cm³/mol. The van der Waals surface area contributed by atoms with Crippen LogP contribution < -0.4 is 10.1 Å². The van der Waals surface area contributed by atoms with Crippen molar-refractivity contribution in [3.63, 3.8) is 0 Å². The number of amides is 2. The minimum Gasteiger partial charge on any atom is -0.481 e. The molecule has 1 heterocycles. The molecule has 0 bridgehead atoms. The van der Waals surface area contributed by atoms with Crippen molar-refractivity contribution in [2.45, 2.75) is 32.0 Å². The zero-order valence-electron chi connectivity index (χ0n) is 13.5. The molecule has 6 nitrogen and oxygen atoms in total. The number of benzene rings is 1. The molecule has 1 fully saturated rings. The van der Waals surface area contributed by atoms with Gasteiger partial charge in [0.25, 0.3) is 0 Å². The quantitative estimate of drug-likeness (QED) is 0.863. The summed E-state index contributed by atoms with van der Waals surface area (Å²) >= 11 is 0. The Morgan fingerprint density at radius 3 is 2.44 bits per heavy atom. The zero-order valence-corrected chi connectivity index (χ0v) is 13.5. The number of carbonyl (C=O) groups is 2. The molecule has 1 unspecified atom stereocenters. The number of likely N-dealkylation sites (tertiary alicyclic amines) is 1. The van der Waals surface area contributed by atoms with Crippen LogP contribution in [0.25, 0.3) is 0 Å². The van der Waals surface area contributed by atoms with Gasteiger partial charge in [0.05, 0.1) is 11.6 Å². The molecule has 1 aliphatic heterocycles. The summed E-state index contributed by atoms with van der Waals surface area (Å²) in [7, 11) is 0. The van der Waals surface area contributed by atoms with Crippen molar-refractivity contribution in [3.05, 3.63) is 24.3 Å². The summed E-state index contributed by atoms with van der Waals surface area (Å²) < 4.78 is 42.9. The molecule has 0 spiro atoms. The molecule has 0 radical (unpaired) electrons. The van der Waals surface area contributed by atoms with E-state index < -0.39 is 30.2 Å². The lowest BCUT2D eigenvalue weighted by Crippen LogP contribution is -2.42. The summed E-state index contributed by atoms with van der Waals surface area (Å²) in [6.45, 7) is 1.42. The zero-order chi connectivity index (χ0) is 18.6. The maximum Gasteiger partial charge on any atom is 0.425 e. The van der Waals surface area contributed by atoms with Crippen LogP contribution in [-0.2, 0) is 4.79 Å². The number of hydrogen-bond donors (Lipinski definition) is 2. The van der Waals surface area contributed by atoms with Gasteiger partial charge in [0.2, 0.25) is 0 Å². The number of carbonyl (C=O) groups excluding carboxylic acids is 1. The van der Waals surface area contributed by atoms with Gasteiger partial charge in [-0.1, -0.05) is 12.1 Å². The number of ether oxygens (including phenoxy) is 1. The lowest BCUT2D eigenvalue weighted by molar-refractivity contribution is -0.189. The Morgan fingerprint density at radius 2 is 1.88 bits per heavy atom. The third-order valence-corrected chi connectivity index (χ3v) is 4.02. The molecule has 0 saturated carbocycles. The van der Waals surface area contributed by atoms with Crippen LogP contribution in [0.2, 0.25) is 0 Å². The molecule has 0 aliphatic carbocycles. The molecule has 2 amide bonds. The first-order valence-corrected chi connectivity index (χ1v) is 7.79. The Bertz CT molecular complexity index is 628. The average Bonchev–Trinajstić information content (AvgIpc) is 2.55. The number of para-hydroxylation sites is 2. The van der Waals surface area contributed by atoms with E-state index in [-0.39, 0.29) is 24.5 Å². The number of nitrogens with one attached hydrogen (secondary N) is 1. The number of carboxylic acid groups (broad SMARTS) is 1. The van der Waals surface area contributed by atoms with Gasteiger partial charge in [-0.05, 0) is 31.9 Å². The van der Waals surface area contributed by atoms with Crippen molar-refractivity contribution < 1.29 is 32.6 Å². The average molecular weight is 360 g/mol. The van der Waals surface area contributed by atoms with Crippen molar-refractivity contribution in [2.75, 3.05) is 18.4 Å². The highest BCUT2D eigenvalue weighted by Crippen LogP contribution is 2.30. The Morgan fingerprint density at radius 1 is 1.28 bits per heavy atom. The highest BCUT2D eigenvalue weighted by atomic mass is 19.4. The van der Waals surface area contributed by atoms with Gasteiger partial charge >= 0.3 is 18.2 Å². The van der Waals surface area contributed by atoms with Gasteiger partial charge in [0.15, 0.2) is 6.10 Å². The van der Waals surface area contributed by atoms with Gasteiger partial charge in [-0.25, -0.2) is 4.79 Å². The van der Waals surface area contributed by atoms with E-state index in [1.54, 1.807) is 6.07 Å². The fourth-order valence-corrected chi connectivity index (χ4v) is 2.45. The van der Waals surface area contributed by atoms with Gasteiger partial charge < -0.3 is 20.1 Å². The SMILES string of the molecule is CC(Oc1ccccc1NC(=O)N1CCC(C(=O)O)CC1)C(F)(F)F. The minimum atomic E-state index is -4.52. The molecule has 9 heteroatoms. The van der Waals surface area contributed by atoms with E-state index in [1.165, 1.54) is 23.1 Å². The first kappa shape index (κ1) is 18.9. The largest absolute Gasteiger partial charge is 0.481 e. The van der Waals surface area contributed by atoms with Crippen molar-refractivity contribution in [3.8, 4) is 5.75 Å². The number of urea groups is 1. The van der Waals surface area contributed by atoms with E-state index in [0.29, 0.717) is 12.8 Å². The van der Waals surface area contributed by atoms with Gasteiger partial charge in [-0.2, -0.15) is 13.2 Å². The van der Waals surface area contributed by atoms with E-state index in [0.717, 1.165) is 6.92 Å². The summed E-state index contributed by atoms with van der Waals surface area (Å²) in [5.41, 5.74) is 0.129. The minimum absolute atomic E-state index is 0.0823. The molecule has 1 aromatic rings. The number of hydrogen-bond acceptors (Lipinski definition) is 3. The lowest BCUT2D eigenvalue weighted by atomic mass is 9.97. The summed E-state index contributed by atoms with van der Waals surface area (Å²) in [4.78, 5) is 24.6. The maximum absolute atomic E-state index is 12.7. The second-order valence-corrected chi connectivity index (χ2v) is 5.83. The van der Waals surface area contributed by atoms with Gasteiger partial charge in [0.1, 0.15) is 5.75 Å². The smallest absolute Gasteiger partial charge is 0.425 e. The number of nitrogens with zero attached hydrogens (tertiary/aromatic N) is 1. The van der Waals surface area contributed by atoms with Crippen LogP contribution in [0.15, 0.2) is 24.3 Å². The molecule has 1 aliphatic rings. The van der Waals surface area contributed by atoms with E-state index in [2.05, 4.69) is 5.32 Å². The molecule has 1 saturated heterocycles. The fourth-order valence-electron chi connectivity index (χ4n) is 2.45. The first-order chi connectivity index (χ1) is 11.7.